The number of hydrogen-bond acceptors (Lipinski definition) is 4. The van der Waals surface area contributed by atoms with Crippen LogP contribution in [0.15, 0.2) is 18.2 Å². The summed E-state index contributed by atoms with van der Waals surface area (Å²) in [4.78, 5) is 24.0. The number of ether oxygens (including phenoxy) is 2. The minimum absolute atomic E-state index is 0.161. The van der Waals surface area contributed by atoms with Gasteiger partial charge in [-0.2, -0.15) is 0 Å². The molecular weight excluding hydrogens is 296 g/mol. The molecule has 2 N–H and O–H groups in total. The summed E-state index contributed by atoms with van der Waals surface area (Å²) >= 11 is 0. The van der Waals surface area contributed by atoms with Crippen LogP contribution >= 0.6 is 0 Å². The molecule has 0 spiro atoms. The van der Waals surface area contributed by atoms with Gasteiger partial charge in [-0.1, -0.05) is 26.8 Å². The molecule has 0 saturated heterocycles. The lowest BCUT2D eigenvalue weighted by molar-refractivity contribution is -0.133. The molecule has 1 aromatic carbocycles. The minimum Gasteiger partial charge on any atom is -0.493 e. The first kappa shape index (κ1) is 18.8. The summed E-state index contributed by atoms with van der Waals surface area (Å²) < 4.78 is 10.4. The number of methoxy groups -OCH3 is 2. The maximum Gasteiger partial charge on any atom is 0.242 e. The van der Waals surface area contributed by atoms with E-state index < -0.39 is 11.5 Å². The number of nitrogens with one attached hydrogen (secondary N) is 2. The van der Waals surface area contributed by atoms with E-state index in [2.05, 4.69) is 10.6 Å². The fraction of sp³-hybridized carbons (Fsp3) is 0.529. The third-order valence-electron chi connectivity index (χ3n) is 3.34. The van der Waals surface area contributed by atoms with Gasteiger partial charge in [0.2, 0.25) is 11.8 Å². The summed E-state index contributed by atoms with van der Waals surface area (Å²) in [6, 6.07) is 4.84. The van der Waals surface area contributed by atoms with Gasteiger partial charge in [0.25, 0.3) is 0 Å². The van der Waals surface area contributed by atoms with Gasteiger partial charge in [-0.25, -0.2) is 0 Å². The summed E-state index contributed by atoms with van der Waals surface area (Å²) in [5.41, 5.74) is 0.350. The highest BCUT2D eigenvalue weighted by Crippen LogP contribution is 2.27. The van der Waals surface area contributed by atoms with Crippen LogP contribution in [0.4, 0.5) is 0 Å². The van der Waals surface area contributed by atoms with Crippen molar-refractivity contribution in [3.63, 3.8) is 0 Å². The summed E-state index contributed by atoms with van der Waals surface area (Å²) in [7, 11) is 3.13. The lowest BCUT2D eigenvalue weighted by Gasteiger charge is -2.21. The normalized spacial score (nSPS) is 12.3. The fourth-order valence-electron chi connectivity index (χ4n) is 1.81. The van der Waals surface area contributed by atoms with Crippen molar-refractivity contribution in [2.45, 2.75) is 40.3 Å². The van der Waals surface area contributed by atoms with Crippen molar-refractivity contribution in [2.24, 2.45) is 5.41 Å². The summed E-state index contributed by atoms with van der Waals surface area (Å²) in [6.45, 7) is 7.41. The van der Waals surface area contributed by atoms with Crippen LogP contribution in [0.5, 0.6) is 11.5 Å². The van der Waals surface area contributed by atoms with Crippen molar-refractivity contribution in [3.05, 3.63) is 23.8 Å². The standard InChI is InChI=1S/C17H26N2O4/c1-11(19-16(21)17(2,3)4)15(20)18-10-12-7-8-13(22-5)14(9-12)23-6/h7-9,11H,10H2,1-6H3,(H,18,20)(H,19,21). The second-order valence-corrected chi connectivity index (χ2v) is 6.35. The molecule has 0 aliphatic carbocycles. The second-order valence-electron chi connectivity index (χ2n) is 6.35. The Morgan fingerprint density at radius 1 is 1.13 bits per heavy atom. The van der Waals surface area contributed by atoms with Gasteiger partial charge < -0.3 is 20.1 Å². The van der Waals surface area contributed by atoms with Gasteiger partial charge in [0.05, 0.1) is 14.2 Å². The zero-order chi connectivity index (χ0) is 17.6. The Kier molecular flexibility index (Phi) is 6.42. The number of amides is 2. The lowest BCUT2D eigenvalue weighted by Crippen LogP contribution is -2.48. The molecule has 1 atom stereocenters. The number of carbonyl (C=O) groups excluding carboxylic acids is 2. The molecule has 0 bridgehead atoms. The Morgan fingerprint density at radius 3 is 2.26 bits per heavy atom. The number of carbonyl (C=O) groups is 2. The van der Waals surface area contributed by atoms with Gasteiger partial charge in [-0.15, -0.1) is 0 Å². The molecule has 6 nitrogen and oxygen atoms in total. The van der Waals surface area contributed by atoms with Crippen molar-refractivity contribution >= 4 is 11.8 Å². The van der Waals surface area contributed by atoms with Gasteiger partial charge >= 0.3 is 0 Å². The molecular formula is C17H26N2O4. The molecule has 0 heterocycles. The third-order valence-corrected chi connectivity index (χ3v) is 3.34. The zero-order valence-corrected chi connectivity index (χ0v) is 14.6. The van der Waals surface area contributed by atoms with Crippen molar-refractivity contribution in [1.82, 2.24) is 10.6 Å². The average molecular weight is 322 g/mol. The molecule has 0 aliphatic heterocycles. The molecule has 0 saturated carbocycles. The lowest BCUT2D eigenvalue weighted by atomic mass is 9.95. The molecule has 1 unspecified atom stereocenters. The van der Waals surface area contributed by atoms with Gasteiger partial charge in [0, 0.05) is 12.0 Å². The van der Waals surface area contributed by atoms with Crippen LogP contribution in [-0.4, -0.2) is 32.1 Å². The van der Waals surface area contributed by atoms with E-state index in [0.717, 1.165) is 5.56 Å². The summed E-state index contributed by atoms with van der Waals surface area (Å²) in [6.07, 6.45) is 0. The monoisotopic (exact) mass is 322 g/mol. The van der Waals surface area contributed by atoms with Gasteiger partial charge in [0.1, 0.15) is 6.04 Å². The Hall–Kier alpha value is -2.24. The first-order valence-corrected chi connectivity index (χ1v) is 7.48. The highest BCUT2D eigenvalue weighted by atomic mass is 16.5. The van der Waals surface area contributed by atoms with Gasteiger partial charge in [-0.05, 0) is 24.6 Å². The van der Waals surface area contributed by atoms with E-state index in [-0.39, 0.29) is 11.8 Å². The van der Waals surface area contributed by atoms with E-state index in [1.54, 1.807) is 54.0 Å². The van der Waals surface area contributed by atoms with Crippen LogP contribution in [-0.2, 0) is 16.1 Å². The molecule has 1 rings (SSSR count). The Morgan fingerprint density at radius 2 is 1.74 bits per heavy atom. The van der Waals surface area contributed by atoms with E-state index in [0.29, 0.717) is 18.0 Å². The van der Waals surface area contributed by atoms with E-state index >= 15 is 0 Å². The molecule has 6 heteroatoms. The van der Waals surface area contributed by atoms with E-state index in [9.17, 15) is 9.59 Å². The highest BCUT2D eigenvalue weighted by Gasteiger charge is 2.24. The average Bonchev–Trinajstić information content (AvgIpc) is 2.50. The SMILES string of the molecule is COc1ccc(CNC(=O)C(C)NC(=O)C(C)(C)C)cc1OC. The van der Waals surface area contributed by atoms with E-state index in [1.165, 1.54) is 0 Å². The Balaban J connectivity index is 2.60. The van der Waals surface area contributed by atoms with Crippen LogP contribution in [0.1, 0.15) is 33.3 Å². The molecule has 2 amide bonds. The third kappa shape index (κ3) is 5.47. The highest BCUT2D eigenvalue weighted by molar-refractivity contribution is 5.89. The number of benzene rings is 1. The maximum atomic E-state index is 12.1. The summed E-state index contributed by atoms with van der Waals surface area (Å²) in [5.74, 6) is 0.838. The molecule has 0 aromatic heterocycles. The van der Waals surface area contributed by atoms with E-state index in [1.807, 2.05) is 6.07 Å². The molecule has 23 heavy (non-hydrogen) atoms. The molecule has 0 radical (unpaired) electrons. The predicted octanol–water partition coefficient (Wildman–Crippen LogP) is 1.87. The maximum absolute atomic E-state index is 12.1. The van der Waals surface area contributed by atoms with Crippen LogP contribution < -0.4 is 20.1 Å². The van der Waals surface area contributed by atoms with Crippen LogP contribution in [0.2, 0.25) is 0 Å². The Bertz CT molecular complexity index is 564. The molecule has 1 aromatic rings. The molecule has 128 valence electrons. The zero-order valence-electron chi connectivity index (χ0n) is 14.6. The van der Waals surface area contributed by atoms with Gasteiger partial charge in [-0.3, -0.25) is 9.59 Å². The quantitative estimate of drug-likeness (QED) is 0.838. The predicted molar refractivity (Wildman–Crippen MR) is 88.5 cm³/mol. The summed E-state index contributed by atoms with van der Waals surface area (Å²) in [5, 5.41) is 5.50. The number of rotatable bonds is 6. The van der Waals surface area contributed by atoms with E-state index in [4.69, 9.17) is 9.47 Å². The first-order chi connectivity index (χ1) is 10.7. The first-order valence-electron chi connectivity index (χ1n) is 7.48. The topological polar surface area (TPSA) is 76.7 Å². The van der Waals surface area contributed by atoms with Crippen molar-refractivity contribution in [3.8, 4) is 11.5 Å². The fourth-order valence-corrected chi connectivity index (χ4v) is 1.81. The van der Waals surface area contributed by atoms with Crippen LogP contribution in [0.3, 0.4) is 0 Å². The van der Waals surface area contributed by atoms with Crippen molar-refractivity contribution in [2.75, 3.05) is 14.2 Å². The second kappa shape index (κ2) is 7.85. The minimum atomic E-state index is -0.595. The molecule has 0 aliphatic rings. The largest absolute Gasteiger partial charge is 0.493 e. The van der Waals surface area contributed by atoms with Crippen LogP contribution in [0, 0.1) is 5.41 Å². The van der Waals surface area contributed by atoms with Gasteiger partial charge in [0.15, 0.2) is 11.5 Å². The smallest absolute Gasteiger partial charge is 0.242 e. The van der Waals surface area contributed by atoms with Crippen LogP contribution in [0.25, 0.3) is 0 Å². The number of hydrogen-bond donors (Lipinski definition) is 2. The molecule has 0 fully saturated rings. The van der Waals surface area contributed by atoms with Crippen molar-refractivity contribution in [1.29, 1.82) is 0 Å². The van der Waals surface area contributed by atoms with Crippen molar-refractivity contribution < 1.29 is 19.1 Å². The Labute approximate surface area is 137 Å².